The van der Waals surface area contributed by atoms with E-state index in [1.54, 1.807) is 0 Å². The van der Waals surface area contributed by atoms with Crippen LogP contribution >= 0.6 is 0 Å². The molecule has 1 fully saturated rings. The molecule has 0 spiro atoms. The minimum atomic E-state index is -0.759. The summed E-state index contributed by atoms with van der Waals surface area (Å²) in [5.74, 6) is 0. The fourth-order valence-corrected chi connectivity index (χ4v) is 1.89. The Kier molecular flexibility index (Phi) is 4.14. The predicted molar refractivity (Wildman–Crippen MR) is 64.8 cm³/mol. The zero-order chi connectivity index (χ0) is 13.0. The molecule has 1 aliphatic rings. The molecule has 0 bridgehead atoms. The van der Waals surface area contributed by atoms with Gasteiger partial charge in [0.05, 0.1) is 12.7 Å². The first-order valence-electron chi connectivity index (χ1n) is 6.22. The van der Waals surface area contributed by atoms with Crippen molar-refractivity contribution in [1.29, 1.82) is 0 Å². The predicted octanol–water partition coefficient (Wildman–Crippen LogP) is -0.426. The number of epoxide rings is 1. The van der Waals surface area contributed by atoms with Crippen LogP contribution in [0.1, 0.15) is 32.1 Å². The van der Waals surface area contributed by atoms with Crippen molar-refractivity contribution in [3.63, 3.8) is 0 Å². The number of unbranched alkanes of at least 4 members (excludes halogenated alkanes) is 3. The van der Waals surface area contributed by atoms with E-state index in [1.807, 2.05) is 9.97 Å². The number of nitrogens with zero attached hydrogens (tertiary/aromatic N) is 1. The van der Waals surface area contributed by atoms with Crippen LogP contribution in [-0.2, 0) is 11.3 Å². The number of hydrogen-bond acceptors (Lipinski definition) is 4. The first kappa shape index (κ1) is 12.8. The number of H-pyrrole nitrogens is 2. The van der Waals surface area contributed by atoms with Crippen LogP contribution < -0.4 is 17.1 Å². The normalized spacial score (nSPS) is 17.9. The van der Waals surface area contributed by atoms with Gasteiger partial charge in [-0.25, -0.2) is 19.0 Å². The van der Waals surface area contributed by atoms with Crippen LogP contribution in [0.4, 0.5) is 0 Å². The Morgan fingerprint density at radius 1 is 1.06 bits per heavy atom. The molecule has 1 saturated heterocycles. The number of aromatic nitrogens is 3. The molecule has 100 valence electrons. The largest absolute Gasteiger partial charge is 0.373 e. The summed E-state index contributed by atoms with van der Waals surface area (Å²) in [6.45, 7) is 1.23. The lowest BCUT2D eigenvalue weighted by molar-refractivity contribution is 0.387. The van der Waals surface area contributed by atoms with Gasteiger partial charge < -0.3 is 4.74 Å². The summed E-state index contributed by atoms with van der Waals surface area (Å²) in [6.07, 6.45) is 5.45. The van der Waals surface area contributed by atoms with Gasteiger partial charge in [-0.3, -0.25) is 9.97 Å². The third-order valence-corrected chi connectivity index (χ3v) is 2.99. The van der Waals surface area contributed by atoms with Crippen molar-refractivity contribution in [1.82, 2.24) is 14.5 Å². The van der Waals surface area contributed by atoms with Crippen molar-refractivity contribution in [2.45, 2.75) is 44.8 Å². The summed E-state index contributed by atoms with van der Waals surface area (Å²) in [4.78, 5) is 37.6. The Morgan fingerprint density at radius 2 is 1.67 bits per heavy atom. The molecular weight excluding hydrogens is 238 g/mol. The molecular formula is C11H17N3O4. The van der Waals surface area contributed by atoms with Gasteiger partial charge in [0.1, 0.15) is 0 Å². The van der Waals surface area contributed by atoms with Crippen molar-refractivity contribution >= 4 is 0 Å². The molecule has 0 aliphatic carbocycles. The van der Waals surface area contributed by atoms with Crippen molar-refractivity contribution < 1.29 is 4.74 Å². The van der Waals surface area contributed by atoms with Crippen molar-refractivity contribution in [3.8, 4) is 0 Å². The molecule has 1 unspecified atom stereocenters. The maximum absolute atomic E-state index is 11.3. The molecule has 1 aromatic rings. The number of aromatic amines is 2. The Morgan fingerprint density at radius 3 is 2.28 bits per heavy atom. The van der Waals surface area contributed by atoms with Crippen LogP contribution in [0.3, 0.4) is 0 Å². The molecule has 1 atom stereocenters. The van der Waals surface area contributed by atoms with Crippen LogP contribution in [0.15, 0.2) is 14.4 Å². The third kappa shape index (κ3) is 3.69. The van der Waals surface area contributed by atoms with Gasteiger partial charge in [0, 0.05) is 6.54 Å². The highest BCUT2D eigenvalue weighted by Crippen LogP contribution is 2.17. The van der Waals surface area contributed by atoms with E-state index in [1.165, 1.54) is 0 Å². The highest BCUT2D eigenvalue weighted by Gasteiger charge is 2.20. The lowest BCUT2D eigenvalue weighted by Crippen LogP contribution is -2.43. The van der Waals surface area contributed by atoms with Gasteiger partial charge in [0.15, 0.2) is 0 Å². The lowest BCUT2D eigenvalue weighted by atomic mass is 10.1. The Hall–Kier alpha value is -1.63. The third-order valence-electron chi connectivity index (χ3n) is 2.99. The van der Waals surface area contributed by atoms with Crippen LogP contribution in [-0.4, -0.2) is 27.2 Å². The Bertz CT molecular complexity index is 518. The number of nitrogens with one attached hydrogen (secondary N) is 2. The summed E-state index contributed by atoms with van der Waals surface area (Å²) in [6, 6.07) is 0. The molecule has 18 heavy (non-hydrogen) atoms. The van der Waals surface area contributed by atoms with Gasteiger partial charge in [0.25, 0.3) is 0 Å². The second-order valence-electron chi connectivity index (χ2n) is 4.50. The highest BCUT2D eigenvalue weighted by atomic mass is 16.6. The van der Waals surface area contributed by atoms with Crippen molar-refractivity contribution in [2.24, 2.45) is 0 Å². The molecule has 7 nitrogen and oxygen atoms in total. The summed E-state index contributed by atoms with van der Waals surface area (Å²) >= 11 is 0. The van der Waals surface area contributed by atoms with E-state index >= 15 is 0 Å². The molecule has 2 rings (SSSR count). The molecule has 0 aromatic carbocycles. The van der Waals surface area contributed by atoms with Crippen LogP contribution in [0.2, 0.25) is 0 Å². The van der Waals surface area contributed by atoms with Gasteiger partial charge in [-0.05, 0) is 12.8 Å². The number of hydrogen-bond donors (Lipinski definition) is 2. The van der Waals surface area contributed by atoms with Gasteiger partial charge in [-0.1, -0.05) is 19.3 Å². The smallest absolute Gasteiger partial charge is 0.333 e. The van der Waals surface area contributed by atoms with Gasteiger partial charge >= 0.3 is 17.1 Å². The standard InChI is InChI=1S/C11H17N3O4/c15-9-12-10(16)14(11(17)13-9)6-4-2-1-3-5-8-7-18-8/h8H,1-7H2,(H2,12,13,15,16,17). The average Bonchev–Trinajstić information content (AvgIpc) is 3.09. The van der Waals surface area contributed by atoms with Crippen LogP contribution in [0, 0.1) is 0 Å². The maximum Gasteiger partial charge on any atom is 0.333 e. The Balaban J connectivity index is 1.74. The summed E-state index contributed by atoms with van der Waals surface area (Å²) in [5, 5.41) is 0. The second-order valence-corrected chi connectivity index (χ2v) is 4.50. The fourth-order valence-electron chi connectivity index (χ4n) is 1.89. The molecule has 7 heteroatoms. The molecule has 0 amide bonds. The lowest BCUT2D eigenvalue weighted by Gasteiger charge is -2.03. The topological polar surface area (TPSA) is 100 Å². The van der Waals surface area contributed by atoms with E-state index in [4.69, 9.17) is 4.74 Å². The second kappa shape index (κ2) is 5.81. The van der Waals surface area contributed by atoms with E-state index in [2.05, 4.69) is 0 Å². The zero-order valence-electron chi connectivity index (χ0n) is 10.1. The van der Waals surface area contributed by atoms with E-state index in [0.717, 1.165) is 43.3 Å². The molecule has 0 radical (unpaired) electrons. The molecule has 2 N–H and O–H groups in total. The number of rotatable bonds is 7. The summed E-state index contributed by atoms with van der Waals surface area (Å²) in [7, 11) is 0. The quantitative estimate of drug-likeness (QED) is 0.510. The fraction of sp³-hybridized carbons (Fsp3) is 0.727. The summed E-state index contributed by atoms with van der Waals surface area (Å²) < 4.78 is 6.12. The summed E-state index contributed by atoms with van der Waals surface area (Å²) in [5.41, 5.74) is -2.05. The molecule has 0 saturated carbocycles. The van der Waals surface area contributed by atoms with E-state index in [-0.39, 0.29) is 0 Å². The zero-order valence-corrected chi connectivity index (χ0v) is 10.1. The van der Waals surface area contributed by atoms with Crippen molar-refractivity contribution in [3.05, 3.63) is 31.5 Å². The van der Waals surface area contributed by atoms with Crippen molar-refractivity contribution in [2.75, 3.05) is 6.61 Å². The molecule has 2 heterocycles. The van der Waals surface area contributed by atoms with E-state index in [0.29, 0.717) is 12.6 Å². The van der Waals surface area contributed by atoms with Gasteiger partial charge in [0.2, 0.25) is 0 Å². The minimum absolute atomic E-state index is 0.338. The van der Waals surface area contributed by atoms with Crippen LogP contribution in [0.25, 0.3) is 0 Å². The first-order valence-corrected chi connectivity index (χ1v) is 6.22. The monoisotopic (exact) mass is 255 g/mol. The van der Waals surface area contributed by atoms with Crippen LogP contribution in [0.5, 0.6) is 0 Å². The van der Waals surface area contributed by atoms with Gasteiger partial charge in [-0.2, -0.15) is 0 Å². The van der Waals surface area contributed by atoms with E-state index < -0.39 is 17.1 Å². The first-order chi connectivity index (χ1) is 8.66. The van der Waals surface area contributed by atoms with Gasteiger partial charge in [-0.15, -0.1) is 0 Å². The Labute approximate surface area is 103 Å². The maximum atomic E-state index is 11.3. The highest BCUT2D eigenvalue weighted by molar-refractivity contribution is 4.70. The number of ether oxygens (including phenoxy) is 1. The minimum Gasteiger partial charge on any atom is -0.373 e. The average molecular weight is 255 g/mol. The molecule has 1 aromatic heterocycles. The van der Waals surface area contributed by atoms with E-state index in [9.17, 15) is 14.4 Å². The SMILES string of the molecule is O=c1[nH]c(=O)n(CCCCCCC2CO2)c(=O)[nH]1. The molecule has 1 aliphatic heterocycles.